The molecule has 2 atom stereocenters. The van der Waals surface area contributed by atoms with Crippen molar-refractivity contribution in [2.75, 3.05) is 13.7 Å². The van der Waals surface area contributed by atoms with Crippen LogP contribution < -0.4 is 0 Å². The molecular weight excluding hydrogens is 1380 g/mol. The SMILES string of the molecule is C.C.C.C.C.C.CC.CC.CC.CC.CC.CC.CC.CC(C)C12CC(C(C)C)(C1)C2.CC(C)C12CCC(C(C)C)(C1)C2.CC(C)C12CCC(C(C)C)(CC1)C2.CC(C)C12CCC(C(C)C)(CC1)CC2.CC(C)C12CCC(C(C)C)(CC1)N(C)C2=O.CC(C)C12CCC(C(C)C)(CC1)OC2.CC(C)C12CCCC(C(C)C)(CC1)C2. The normalized spacial score (nSPS) is 35.8. The van der Waals surface area contributed by atoms with Crippen LogP contribution in [0.3, 0.4) is 0 Å². The Kier molecular flexibility index (Phi) is 55.6. The van der Waals surface area contributed by atoms with Crippen molar-refractivity contribution in [2.24, 2.45) is 148 Å². The van der Waals surface area contributed by atoms with E-state index in [1.54, 1.807) is 0 Å². The number of hydrogen-bond donors (Lipinski definition) is 0. The zero-order valence-corrected chi connectivity index (χ0v) is 83.2. The molecule has 0 aromatic rings. The average molecular weight is 1610 g/mol. The lowest BCUT2D eigenvalue weighted by Crippen LogP contribution is -2.67. The van der Waals surface area contributed by atoms with Crippen LogP contribution >= 0.6 is 0 Å². The molecule has 15 aliphatic carbocycles. The Morgan fingerprint density at radius 1 is 0.219 bits per heavy atom. The zero-order chi connectivity index (χ0) is 84.3. The van der Waals surface area contributed by atoms with E-state index in [1.807, 2.05) is 104 Å². The lowest BCUT2D eigenvalue weighted by Gasteiger charge is -2.75. The average Bonchev–Trinajstić information content (AvgIpc) is 0.908. The third kappa shape index (κ3) is 24.9. The summed E-state index contributed by atoms with van der Waals surface area (Å²) in [5.41, 5.74) is 8.56. The smallest absolute Gasteiger partial charge is 0.229 e. The van der Waals surface area contributed by atoms with Gasteiger partial charge in [-0.15, -0.1) is 0 Å². The molecule has 15 saturated carbocycles. The van der Waals surface area contributed by atoms with E-state index in [0.29, 0.717) is 29.1 Å². The lowest BCUT2D eigenvalue weighted by molar-refractivity contribution is -0.252. The Labute approximate surface area is 729 Å². The highest BCUT2D eigenvalue weighted by molar-refractivity contribution is 5.85. The monoisotopic (exact) mass is 1610 g/mol. The summed E-state index contributed by atoms with van der Waals surface area (Å²) >= 11 is 0. The van der Waals surface area contributed by atoms with E-state index in [1.165, 1.54) is 193 Å². The first-order valence-electron chi connectivity index (χ1n) is 49.3. The molecule has 0 aromatic carbocycles. The molecule has 694 valence electrons. The van der Waals surface area contributed by atoms with Crippen LogP contribution in [-0.4, -0.2) is 35.6 Å². The molecule has 14 bridgehead atoms. The summed E-state index contributed by atoms with van der Waals surface area (Å²) < 4.78 is 6.19. The van der Waals surface area contributed by atoms with Crippen molar-refractivity contribution in [1.82, 2.24) is 4.90 Å². The van der Waals surface area contributed by atoms with Crippen molar-refractivity contribution < 1.29 is 9.53 Å². The van der Waals surface area contributed by atoms with E-state index in [0.717, 1.165) is 139 Å². The van der Waals surface area contributed by atoms with E-state index in [-0.39, 0.29) is 61.1 Å². The van der Waals surface area contributed by atoms with Crippen LogP contribution in [0.15, 0.2) is 0 Å². The molecule has 0 N–H and O–H groups in total. The van der Waals surface area contributed by atoms with Crippen molar-refractivity contribution in [3.05, 3.63) is 0 Å². The maximum Gasteiger partial charge on any atom is 0.229 e. The number of carbonyl (C=O) groups is 1. The van der Waals surface area contributed by atoms with Crippen LogP contribution in [0, 0.1) is 148 Å². The zero-order valence-electron chi connectivity index (χ0n) is 83.2. The van der Waals surface area contributed by atoms with Gasteiger partial charge in [-0.05, 0) is 341 Å². The van der Waals surface area contributed by atoms with Crippen LogP contribution in [-0.2, 0) is 9.53 Å². The van der Waals surface area contributed by atoms with Crippen molar-refractivity contribution in [3.63, 3.8) is 0 Å². The number of fused-ring (bicyclic) bond motifs is 14. The van der Waals surface area contributed by atoms with Gasteiger partial charge in [0, 0.05) is 12.6 Å². The molecule has 4 aliphatic heterocycles. The van der Waals surface area contributed by atoms with Gasteiger partial charge in [0.05, 0.1) is 17.6 Å². The quantitative estimate of drug-likeness (QED) is 0.173. The van der Waals surface area contributed by atoms with Crippen molar-refractivity contribution in [3.8, 4) is 0 Å². The Bertz CT molecular complexity index is 2200. The molecule has 19 aliphatic rings. The number of carbonyl (C=O) groups excluding carboxylic acids is 1. The second-order valence-corrected chi connectivity index (χ2v) is 43.2. The minimum Gasteiger partial charge on any atom is -0.374 e. The summed E-state index contributed by atoms with van der Waals surface area (Å²) in [5, 5.41) is 0. The van der Waals surface area contributed by atoms with Gasteiger partial charge in [0.2, 0.25) is 5.91 Å². The Morgan fingerprint density at radius 2 is 0.421 bits per heavy atom. The molecule has 114 heavy (non-hydrogen) atoms. The fourth-order valence-electron chi connectivity index (χ4n) is 26.0. The topological polar surface area (TPSA) is 29.5 Å². The molecule has 0 aromatic heterocycles. The molecule has 0 radical (unpaired) electrons. The van der Waals surface area contributed by atoms with E-state index >= 15 is 0 Å². The minimum atomic E-state index is -0.0363. The van der Waals surface area contributed by atoms with Gasteiger partial charge in [-0.1, -0.05) is 342 Å². The fraction of sp³-hybridized carbons (Fsp3) is 0.991. The molecule has 19 fully saturated rings. The summed E-state index contributed by atoms with van der Waals surface area (Å²) in [6.07, 6.45) is 46.5. The van der Waals surface area contributed by atoms with Crippen molar-refractivity contribution in [2.45, 2.75) is 552 Å². The maximum absolute atomic E-state index is 12.6. The standard InChI is InChI=1S/C14H25NO.2C14H26.C13H24O.C13H24.C12H22.C11H20.7C2H6.6CH4/c1-10(2)13-6-8-14(9-7-13,11(3)4)15(5)12(13)16;1-11(2)13-5-8-14(9-6-13,10-7-13)12(3)4;1-11(2)13-6-5-7-14(10-13,9-8-13)12(3)4;1-10(2)12-5-7-13(8-6-12,11(3)4)14-9-12;1-10(2)12-5-7-13(9-12,8-6-12)11(3)4;1-9(2)11-5-6-12(7-11,8-11)10(3)4;1-8(2)10-5-11(6-10,7-10)9(3)4;7*1-2;;;;;;/h10-11H,6-9H2,1-5H3;2*11-12H,5-10H2,1-4H3;10-11H,5-9H2,1-4H3;10-11H,5-9H2,1-4H3;9-10H,5-8H2,1-4H3;8-9H,5-7H2,1-4H3;7*1-2H3;6*1H4. The van der Waals surface area contributed by atoms with E-state index in [2.05, 4.69) is 199 Å². The number of nitrogens with zero attached hydrogens (tertiary/aromatic N) is 1. The second kappa shape index (κ2) is 51.0. The lowest BCUT2D eigenvalue weighted by atomic mass is 9.30. The molecule has 4 saturated heterocycles. The van der Waals surface area contributed by atoms with Crippen molar-refractivity contribution in [1.29, 1.82) is 0 Å². The van der Waals surface area contributed by atoms with E-state index < -0.39 is 0 Å². The largest absolute Gasteiger partial charge is 0.374 e. The predicted octanol–water partition coefficient (Wildman–Crippen LogP) is 38.6. The molecule has 3 nitrogen and oxygen atoms in total. The molecular formula is C111H233NO2. The van der Waals surface area contributed by atoms with Crippen LogP contribution in [0.25, 0.3) is 0 Å². The second-order valence-electron chi connectivity index (χ2n) is 43.2. The number of piperidine rings is 2. The number of rotatable bonds is 14. The fourth-order valence-corrected chi connectivity index (χ4v) is 26.0. The minimum absolute atomic E-state index is 0. The van der Waals surface area contributed by atoms with Gasteiger partial charge in [0.25, 0.3) is 0 Å². The van der Waals surface area contributed by atoms with Gasteiger partial charge < -0.3 is 9.64 Å². The number of amides is 1. The molecule has 19 rings (SSSR count). The van der Waals surface area contributed by atoms with Gasteiger partial charge in [-0.25, -0.2) is 0 Å². The van der Waals surface area contributed by atoms with Crippen molar-refractivity contribution >= 4 is 5.91 Å². The van der Waals surface area contributed by atoms with E-state index in [9.17, 15) is 4.79 Å². The Hall–Kier alpha value is -0.570. The summed E-state index contributed by atoms with van der Waals surface area (Å²) in [4.78, 5) is 14.7. The predicted molar refractivity (Wildman–Crippen MR) is 529 cm³/mol. The molecule has 0 spiro atoms. The Morgan fingerprint density at radius 3 is 0.605 bits per heavy atom. The first kappa shape index (κ1) is 124. The van der Waals surface area contributed by atoms with Crippen LogP contribution in [0.4, 0.5) is 0 Å². The van der Waals surface area contributed by atoms with E-state index in [4.69, 9.17) is 4.74 Å². The molecule has 1 amide bonds. The summed E-state index contributed by atoms with van der Waals surface area (Å²) in [7, 11) is 2.03. The summed E-state index contributed by atoms with van der Waals surface area (Å²) in [6.45, 7) is 95.8. The highest BCUT2D eigenvalue weighted by Gasteiger charge is 2.69. The van der Waals surface area contributed by atoms with Gasteiger partial charge in [-0.3, -0.25) is 4.79 Å². The first-order valence-corrected chi connectivity index (χ1v) is 49.3. The first-order chi connectivity index (χ1) is 50.4. The van der Waals surface area contributed by atoms with Crippen LogP contribution in [0.5, 0.6) is 0 Å². The number of hydrogen-bond acceptors (Lipinski definition) is 2. The highest BCUT2D eigenvalue weighted by atomic mass is 16.5. The van der Waals surface area contributed by atoms with Gasteiger partial charge in [0.15, 0.2) is 0 Å². The third-order valence-electron chi connectivity index (χ3n) is 37.0. The van der Waals surface area contributed by atoms with Gasteiger partial charge >= 0.3 is 0 Å². The third-order valence-corrected chi connectivity index (χ3v) is 37.0. The number of ether oxygens (including phenoxy) is 1. The highest BCUT2D eigenvalue weighted by Crippen LogP contribution is 2.79. The molecule has 2 unspecified atom stereocenters. The Balaban J connectivity index is -0.000000289. The maximum atomic E-state index is 12.6. The molecule has 3 heteroatoms. The summed E-state index contributed by atoms with van der Waals surface area (Å²) in [6, 6.07) is 0. The van der Waals surface area contributed by atoms with Gasteiger partial charge in [-0.2, -0.15) is 0 Å². The molecule has 4 heterocycles. The van der Waals surface area contributed by atoms with Crippen LogP contribution in [0.1, 0.15) is 541 Å². The van der Waals surface area contributed by atoms with Gasteiger partial charge in [0.1, 0.15) is 0 Å². The summed E-state index contributed by atoms with van der Waals surface area (Å²) in [5.74, 6) is 12.1. The van der Waals surface area contributed by atoms with Crippen LogP contribution in [0.2, 0.25) is 0 Å².